The van der Waals surface area contributed by atoms with Crippen molar-refractivity contribution >= 4 is 27.7 Å². The van der Waals surface area contributed by atoms with Crippen LogP contribution in [0.25, 0.3) is 0 Å². The number of hydrogen-bond acceptors (Lipinski definition) is 3. The maximum absolute atomic E-state index is 13.6. The van der Waals surface area contributed by atoms with Crippen LogP contribution < -0.4 is 0 Å². The molecule has 0 N–H and O–H groups in total. The van der Waals surface area contributed by atoms with Gasteiger partial charge in [-0.25, -0.2) is 9.37 Å². The first-order valence-corrected chi connectivity index (χ1v) is 6.90. The summed E-state index contributed by atoms with van der Waals surface area (Å²) < 4.78 is 14.5. The van der Waals surface area contributed by atoms with Crippen molar-refractivity contribution in [3.8, 4) is 6.07 Å². The van der Waals surface area contributed by atoms with Gasteiger partial charge in [0, 0.05) is 16.4 Å². The highest BCUT2D eigenvalue weighted by atomic mass is 79.9. The molecule has 0 atom stereocenters. The summed E-state index contributed by atoms with van der Waals surface area (Å²) in [5.41, 5.74) is 0.909. The van der Waals surface area contributed by atoms with Crippen LogP contribution in [-0.4, -0.2) is 4.98 Å². The second-order valence-electron chi connectivity index (χ2n) is 3.52. The molecule has 0 saturated carbocycles. The molecule has 0 saturated heterocycles. The van der Waals surface area contributed by atoms with Crippen LogP contribution in [0.2, 0.25) is 0 Å². The van der Waals surface area contributed by atoms with E-state index in [4.69, 9.17) is 5.26 Å². The molecular weight excluding hydrogens is 315 g/mol. The molecule has 0 amide bonds. The van der Waals surface area contributed by atoms with Gasteiger partial charge in [-0.1, -0.05) is 6.07 Å². The lowest BCUT2D eigenvalue weighted by molar-refractivity contribution is 0.617. The van der Waals surface area contributed by atoms with Crippen LogP contribution in [0.5, 0.6) is 0 Å². The topological polar surface area (TPSA) is 36.7 Å². The summed E-state index contributed by atoms with van der Waals surface area (Å²) in [6.45, 7) is 0. The Morgan fingerprint density at radius 1 is 1.33 bits per heavy atom. The first-order chi connectivity index (χ1) is 8.69. The zero-order valence-corrected chi connectivity index (χ0v) is 11.6. The van der Waals surface area contributed by atoms with Gasteiger partial charge in [0.15, 0.2) is 0 Å². The van der Waals surface area contributed by atoms with Crippen LogP contribution in [0, 0.1) is 17.1 Å². The summed E-state index contributed by atoms with van der Waals surface area (Å²) >= 11 is 4.76. The molecular formula is C13H8BrFN2S. The Kier molecular flexibility index (Phi) is 4.34. The Bertz CT molecular complexity index is 593. The highest BCUT2D eigenvalue weighted by Gasteiger charge is 2.05. The minimum atomic E-state index is -0.348. The Hall–Kier alpha value is -1.38. The van der Waals surface area contributed by atoms with E-state index < -0.39 is 0 Å². The Morgan fingerprint density at radius 3 is 2.78 bits per heavy atom. The van der Waals surface area contributed by atoms with Gasteiger partial charge in [0.2, 0.25) is 0 Å². The van der Waals surface area contributed by atoms with E-state index in [1.54, 1.807) is 18.3 Å². The van der Waals surface area contributed by atoms with Crippen molar-refractivity contribution in [2.24, 2.45) is 0 Å². The number of nitriles is 1. The van der Waals surface area contributed by atoms with Crippen molar-refractivity contribution in [2.75, 3.05) is 0 Å². The molecule has 0 aliphatic heterocycles. The molecule has 0 radical (unpaired) electrons. The number of pyridine rings is 1. The van der Waals surface area contributed by atoms with Gasteiger partial charge in [0.1, 0.15) is 5.82 Å². The molecule has 5 heteroatoms. The average molecular weight is 323 g/mol. The second-order valence-corrected chi connectivity index (χ2v) is 5.43. The first kappa shape index (κ1) is 13.1. The van der Waals surface area contributed by atoms with E-state index in [1.165, 1.54) is 17.8 Å². The summed E-state index contributed by atoms with van der Waals surface area (Å²) in [5, 5.41) is 9.49. The van der Waals surface area contributed by atoms with Gasteiger partial charge in [0.05, 0.1) is 16.7 Å². The molecule has 90 valence electrons. The standard InChI is InChI=1S/C13H8BrFN2S/c14-11-3-4-13(17-7-11)18-8-10-2-1-9(6-16)5-12(10)15/h1-5,7H,8H2. The Balaban J connectivity index is 2.06. The lowest BCUT2D eigenvalue weighted by Gasteiger charge is -2.03. The molecule has 0 aliphatic carbocycles. The van der Waals surface area contributed by atoms with Gasteiger partial charge in [-0.15, -0.1) is 11.8 Å². The van der Waals surface area contributed by atoms with Gasteiger partial charge in [-0.2, -0.15) is 5.26 Å². The third-order valence-electron chi connectivity index (χ3n) is 2.26. The highest BCUT2D eigenvalue weighted by Crippen LogP contribution is 2.23. The SMILES string of the molecule is N#Cc1ccc(CSc2ccc(Br)cn2)c(F)c1. The zero-order valence-electron chi connectivity index (χ0n) is 9.23. The van der Waals surface area contributed by atoms with E-state index in [2.05, 4.69) is 20.9 Å². The molecule has 0 aliphatic rings. The van der Waals surface area contributed by atoms with E-state index >= 15 is 0 Å². The third kappa shape index (κ3) is 3.31. The van der Waals surface area contributed by atoms with E-state index in [9.17, 15) is 4.39 Å². The molecule has 0 fully saturated rings. The van der Waals surface area contributed by atoms with Gasteiger partial charge >= 0.3 is 0 Å². The molecule has 1 aromatic carbocycles. The van der Waals surface area contributed by atoms with Crippen molar-refractivity contribution in [1.82, 2.24) is 4.98 Å². The van der Waals surface area contributed by atoms with Crippen molar-refractivity contribution < 1.29 is 4.39 Å². The normalized spacial score (nSPS) is 10.1. The minimum Gasteiger partial charge on any atom is -0.249 e. The fraction of sp³-hybridized carbons (Fsp3) is 0.0769. The van der Waals surface area contributed by atoms with Gasteiger partial charge in [-0.3, -0.25) is 0 Å². The first-order valence-electron chi connectivity index (χ1n) is 5.12. The molecule has 0 spiro atoms. The largest absolute Gasteiger partial charge is 0.249 e. The molecule has 1 heterocycles. The number of nitrogens with zero attached hydrogens (tertiary/aromatic N) is 2. The fourth-order valence-corrected chi connectivity index (χ4v) is 2.40. The summed E-state index contributed by atoms with van der Waals surface area (Å²) in [5.74, 6) is 0.144. The summed E-state index contributed by atoms with van der Waals surface area (Å²) in [7, 11) is 0. The van der Waals surface area contributed by atoms with E-state index in [0.717, 1.165) is 9.50 Å². The van der Waals surface area contributed by atoms with Crippen LogP contribution in [0.1, 0.15) is 11.1 Å². The summed E-state index contributed by atoms with van der Waals surface area (Å²) in [6, 6.07) is 10.2. The summed E-state index contributed by atoms with van der Waals surface area (Å²) in [6.07, 6.45) is 1.71. The van der Waals surface area contributed by atoms with E-state index in [0.29, 0.717) is 16.9 Å². The molecule has 2 aromatic rings. The van der Waals surface area contributed by atoms with Gasteiger partial charge in [-0.05, 0) is 45.8 Å². The Morgan fingerprint density at radius 2 is 2.17 bits per heavy atom. The average Bonchev–Trinajstić information content (AvgIpc) is 2.39. The van der Waals surface area contributed by atoms with Crippen LogP contribution in [0.4, 0.5) is 4.39 Å². The summed E-state index contributed by atoms with van der Waals surface area (Å²) in [4.78, 5) is 4.20. The molecule has 2 nitrogen and oxygen atoms in total. The van der Waals surface area contributed by atoms with Crippen LogP contribution >= 0.6 is 27.7 Å². The zero-order chi connectivity index (χ0) is 13.0. The lowest BCUT2D eigenvalue weighted by atomic mass is 10.1. The Labute approximate surface area is 117 Å². The van der Waals surface area contributed by atoms with Crippen LogP contribution in [0.3, 0.4) is 0 Å². The minimum absolute atomic E-state index is 0.336. The number of benzene rings is 1. The van der Waals surface area contributed by atoms with Crippen molar-refractivity contribution in [2.45, 2.75) is 10.8 Å². The molecule has 2 rings (SSSR count). The maximum Gasteiger partial charge on any atom is 0.128 e. The number of hydrogen-bond donors (Lipinski definition) is 0. The fourth-order valence-electron chi connectivity index (χ4n) is 1.33. The van der Waals surface area contributed by atoms with E-state index in [1.807, 2.05) is 18.2 Å². The van der Waals surface area contributed by atoms with Crippen molar-refractivity contribution in [3.63, 3.8) is 0 Å². The van der Waals surface area contributed by atoms with Gasteiger partial charge in [0.25, 0.3) is 0 Å². The number of thioether (sulfide) groups is 1. The predicted octanol–water partition coefficient (Wildman–Crippen LogP) is 4.15. The lowest BCUT2D eigenvalue weighted by Crippen LogP contribution is -1.89. The highest BCUT2D eigenvalue weighted by molar-refractivity contribution is 9.10. The molecule has 18 heavy (non-hydrogen) atoms. The molecule has 1 aromatic heterocycles. The molecule has 0 bridgehead atoms. The molecule has 0 unspecified atom stereocenters. The number of aromatic nitrogens is 1. The predicted molar refractivity (Wildman–Crippen MR) is 72.6 cm³/mol. The number of halogens is 2. The quantitative estimate of drug-likeness (QED) is 0.796. The second kappa shape index (κ2) is 5.98. The van der Waals surface area contributed by atoms with Crippen LogP contribution in [-0.2, 0) is 5.75 Å². The van der Waals surface area contributed by atoms with Crippen molar-refractivity contribution in [1.29, 1.82) is 5.26 Å². The third-order valence-corrected chi connectivity index (χ3v) is 3.72. The van der Waals surface area contributed by atoms with Crippen molar-refractivity contribution in [3.05, 3.63) is 57.9 Å². The maximum atomic E-state index is 13.6. The number of rotatable bonds is 3. The monoisotopic (exact) mass is 322 g/mol. The smallest absolute Gasteiger partial charge is 0.128 e. The van der Waals surface area contributed by atoms with E-state index in [-0.39, 0.29) is 5.82 Å². The van der Waals surface area contributed by atoms with Gasteiger partial charge < -0.3 is 0 Å². The van der Waals surface area contributed by atoms with Crippen LogP contribution in [0.15, 0.2) is 46.0 Å².